The number of sulfone groups is 1. The molecule has 0 aliphatic carbocycles. The molecule has 0 radical (unpaired) electrons. The van der Waals surface area contributed by atoms with Gasteiger partial charge < -0.3 is 13.7 Å². The number of hydrogen-bond acceptors (Lipinski definition) is 7. The van der Waals surface area contributed by atoms with Gasteiger partial charge in [0.05, 0.1) is 4.90 Å². The van der Waals surface area contributed by atoms with E-state index in [0.29, 0.717) is 5.56 Å². The Labute approximate surface area is 174 Å². The van der Waals surface area contributed by atoms with Crippen LogP contribution in [0.15, 0.2) is 80.6 Å². The number of aromatic nitrogens is 2. The van der Waals surface area contributed by atoms with Gasteiger partial charge >= 0.3 is 6.36 Å². The van der Waals surface area contributed by atoms with E-state index in [4.69, 9.17) is 8.94 Å². The summed E-state index contributed by atoms with van der Waals surface area (Å²) in [5, 5.41) is 3.77. The third-order valence-electron chi connectivity index (χ3n) is 4.08. The van der Waals surface area contributed by atoms with Gasteiger partial charge in [0.15, 0.2) is 15.6 Å². The molecule has 31 heavy (non-hydrogen) atoms. The first-order chi connectivity index (χ1) is 14.7. The van der Waals surface area contributed by atoms with E-state index in [0.717, 1.165) is 12.1 Å². The molecule has 0 bridgehead atoms. The van der Waals surface area contributed by atoms with Crippen molar-refractivity contribution >= 4 is 9.84 Å². The highest BCUT2D eigenvalue weighted by atomic mass is 32.2. The highest BCUT2D eigenvalue weighted by Gasteiger charge is 2.31. The van der Waals surface area contributed by atoms with E-state index in [1.807, 2.05) is 0 Å². The molecule has 2 aromatic carbocycles. The fourth-order valence-corrected chi connectivity index (χ4v) is 3.98. The number of rotatable bonds is 6. The average Bonchev–Trinajstić information content (AvgIpc) is 3.37. The zero-order valence-corrected chi connectivity index (χ0v) is 16.4. The highest BCUT2D eigenvalue weighted by Crippen LogP contribution is 2.28. The summed E-state index contributed by atoms with van der Waals surface area (Å²) in [5.41, 5.74) is 0.392. The molecule has 4 rings (SSSR count). The second-order valence-corrected chi connectivity index (χ2v) is 8.32. The van der Waals surface area contributed by atoms with Crippen molar-refractivity contribution in [3.05, 3.63) is 72.5 Å². The zero-order valence-electron chi connectivity index (χ0n) is 15.5. The minimum atomic E-state index is -4.79. The molecule has 0 saturated heterocycles. The first kappa shape index (κ1) is 20.7. The van der Waals surface area contributed by atoms with Crippen molar-refractivity contribution in [3.8, 4) is 28.8 Å². The minimum absolute atomic E-state index is 0.00558. The summed E-state index contributed by atoms with van der Waals surface area (Å²) < 4.78 is 76.1. The predicted octanol–water partition coefficient (Wildman–Crippen LogP) is 4.87. The molecule has 11 heteroatoms. The lowest BCUT2D eigenvalue weighted by molar-refractivity contribution is -0.274. The lowest BCUT2D eigenvalue weighted by atomic mass is 10.2. The molecule has 0 saturated carbocycles. The lowest BCUT2D eigenvalue weighted by Crippen LogP contribution is -2.16. The summed E-state index contributed by atoms with van der Waals surface area (Å²) >= 11 is 0. The van der Waals surface area contributed by atoms with Gasteiger partial charge in [-0.25, -0.2) is 8.42 Å². The van der Waals surface area contributed by atoms with Crippen molar-refractivity contribution in [3.63, 3.8) is 0 Å². The lowest BCUT2D eigenvalue weighted by Gasteiger charge is -2.08. The molecule has 2 aromatic heterocycles. The highest BCUT2D eigenvalue weighted by molar-refractivity contribution is 7.90. The molecule has 0 unspecified atom stereocenters. The summed E-state index contributed by atoms with van der Waals surface area (Å²) in [5.74, 6) is -0.271. The molecule has 0 amide bonds. The number of hydrogen-bond donors (Lipinski definition) is 0. The number of alkyl halides is 3. The van der Waals surface area contributed by atoms with Crippen molar-refractivity contribution in [2.45, 2.75) is 17.0 Å². The van der Waals surface area contributed by atoms with Crippen LogP contribution in [0.25, 0.3) is 23.0 Å². The summed E-state index contributed by atoms with van der Waals surface area (Å²) in [6.45, 7) is 0. The Morgan fingerprint density at radius 1 is 0.935 bits per heavy atom. The van der Waals surface area contributed by atoms with Crippen molar-refractivity contribution < 1.29 is 35.3 Å². The molecule has 0 N–H and O–H groups in total. The van der Waals surface area contributed by atoms with Crippen LogP contribution in [0.5, 0.6) is 5.75 Å². The van der Waals surface area contributed by atoms with E-state index in [1.165, 1.54) is 36.4 Å². The number of benzene rings is 2. The molecule has 7 nitrogen and oxygen atoms in total. The van der Waals surface area contributed by atoms with E-state index >= 15 is 0 Å². The average molecular weight is 450 g/mol. The Hall–Kier alpha value is -3.60. The maximum Gasteiger partial charge on any atom is 0.573 e. The smallest absolute Gasteiger partial charge is 0.455 e. The zero-order chi connectivity index (χ0) is 22.1. The van der Waals surface area contributed by atoms with E-state index in [9.17, 15) is 21.6 Å². The van der Waals surface area contributed by atoms with Gasteiger partial charge in [0.25, 0.3) is 5.89 Å². The van der Waals surface area contributed by atoms with Crippen molar-refractivity contribution in [1.82, 2.24) is 10.1 Å². The van der Waals surface area contributed by atoms with Crippen LogP contribution in [0.1, 0.15) is 5.76 Å². The van der Waals surface area contributed by atoms with Crippen molar-refractivity contribution in [1.29, 1.82) is 0 Å². The fraction of sp³-hybridized carbons (Fsp3) is 0.100. The largest absolute Gasteiger partial charge is 0.573 e. The van der Waals surface area contributed by atoms with Gasteiger partial charge in [0.2, 0.25) is 5.82 Å². The standard InChI is InChI=1S/C20H13F3N2O5S/c21-20(22,23)29-14-8-6-13(7-9-14)18-24-19(30-25-18)17-11-10-15(28-17)12-31(26,27)16-4-2-1-3-5-16/h1-11H,12H2. The molecule has 0 spiro atoms. The first-order valence-corrected chi connectivity index (χ1v) is 10.4. The summed E-state index contributed by atoms with van der Waals surface area (Å²) in [4.78, 5) is 4.31. The topological polar surface area (TPSA) is 95.4 Å². The van der Waals surface area contributed by atoms with Crippen LogP contribution >= 0.6 is 0 Å². The van der Waals surface area contributed by atoms with E-state index in [2.05, 4.69) is 14.9 Å². The second kappa shape index (κ2) is 7.91. The Balaban J connectivity index is 1.50. The number of furan rings is 1. The molecule has 0 aliphatic heterocycles. The van der Waals surface area contributed by atoms with Gasteiger partial charge in [0.1, 0.15) is 17.3 Å². The van der Waals surface area contributed by atoms with Crippen LogP contribution in [-0.4, -0.2) is 24.9 Å². The third kappa shape index (κ3) is 4.94. The predicted molar refractivity (Wildman–Crippen MR) is 101 cm³/mol. The summed E-state index contributed by atoms with van der Waals surface area (Å²) in [6.07, 6.45) is -4.79. The third-order valence-corrected chi connectivity index (χ3v) is 5.73. The molecular weight excluding hydrogens is 437 g/mol. The van der Waals surface area contributed by atoms with Gasteiger partial charge in [-0.1, -0.05) is 23.4 Å². The van der Waals surface area contributed by atoms with E-state index < -0.39 is 16.2 Å². The quantitative estimate of drug-likeness (QED) is 0.414. The van der Waals surface area contributed by atoms with Crippen LogP contribution in [-0.2, 0) is 15.6 Å². The van der Waals surface area contributed by atoms with Crippen LogP contribution < -0.4 is 4.74 Å². The molecule has 4 aromatic rings. The van der Waals surface area contributed by atoms with Crippen LogP contribution in [0, 0.1) is 0 Å². The SMILES string of the molecule is O=S(=O)(Cc1ccc(-c2nc(-c3ccc(OC(F)(F)F)cc3)no2)o1)c1ccccc1. The molecular formula is C20H13F3N2O5S. The Morgan fingerprint density at radius 3 is 2.32 bits per heavy atom. The van der Waals surface area contributed by atoms with E-state index in [-0.39, 0.29) is 39.6 Å². The molecule has 160 valence electrons. The summed E-state index contributed by atoms with van der Waals surface area (Å²) in [6, 6.07) is 15.9. The van der Waals surface area contributed by atoms with Crippen LogP contribution in [0.3, 0.4) is 0 Å². The number of ether oxygens (including phenoxy) is 1. The van der Waals surface area contributed by atoms with Crippen molar-refractivity contribution in [2.75, 3.05) is 0 Å². The monoisotopic (exact) mass is 450 g/mol. The number of halogens is 3. The van der Waals surface area contributed by atoms with E-state index in [1.54, 1.807) is 18.2 Å². The van der Waals surface area contributed by atoms with Gasteiger partial charge in [-0.2, -0.15) is 4.98 Å². The van der Waals surface area contributed by atoms with Gasteiger partial charge in [-0.3, -0.25) is 0 Å². The fourth-order valence-electron chi connectivity index (χ4n) is 2.72. The van der Waals surface area contributed by atoms with Crippen molar-refractivity contribution in [2.24, 2.45) is 0 Å². The van der Waals surface area contributed by atoms with Gasteiger partial charge in [0, 0.05) is 5.56 Å². The first-order valence-electron chi connectivity index (χ1n) is 8.76. The maximum absolute atomic E-state index is 12.5. The molecule has 2 heterocycles. The summed E-state index contributed by atoms with van der Waals surface area (Å²) in [7, 11) is -3.59. The maximum atomic E-state index is 12.5. The Kier molecular flexibility index (Phi) is 5.27. The normalized spacial score (nSPS) is 12.1. The minimum Gasteiger partial charge on any atom is -0.455 e. The molecule has 0 aliphatic rings. The molecule has 0 fully saturated rings. The Bertz CT molecular complexity index is 1280. The van der Waals surface area contributed by atoms with Crippen LogP contribution in [0.2, 0.25) is 0 Å². The molecule has 0 atom stereocenters. The van der Waals surface area contributed by atoms with Gasteiger partial charge in [-0.05, 0) is 48.5 Å². The number of nitrogens with zero attached hydrogens (tertiary/aromatic N) is 2. The van der Waals surface area contributed by atoms with Gasteiger partial charge in [-0.15, -0.1) is 13.2 Å². The second-order valence-electron chi connectivity index (χ2n) is 6.33. The Morgan fingerprint density at radius 2 is 1.65 bits per heavy atom. The van der Waals surface area contributed by atoms with Crippen LogP contribution in [0.4, 0.5) is 13.2 Å².